The number of nitrogens with zero attached hydrogens (tertiary/aromatic N) is 2. The number of imidazole rings is 2. The molecule has 5 N–H and O–H groups in total. The number of hydrogen-bond acceptors (Lipinski definition) is 4. The van der Waals surface area contributed by atoms with E-state index in [4.69, 9.17) is 11.1 Å². The molecule has 0 aromatic carbocycles. The molecule has 0 aliphatic heterocycles. The number of carbonyl (C=O) groups excluding carboxylic acids is 1. The zero-order valence-corrected chi connectivity index (χ0v) is 11.7. The van der Waals surface area contributed by atoms with Gasteiger partial charge in [-0.25, -0.2) is 9.97 Å². The third-order valence-corrected chi connectivity index (χ3v) is 3.18. The van der Waals surface area contributed by atoms with Crippen LogP contribution in [0.2, 0.25) is 0 Å². The van der Waals surface area contributed by atoms with Gasteiger partial charge in [-0.05, 0) is 25.7 Å². The Bertz CT molecular complexity index is 560. The lowest BCUT2D eigenvalue weighted by molar-refractivity contribution is 0.0947. The molecule has 0 spiro atoms. The number of hydrogen-bond donors (Lipinski definition) is 4. The Morgan fingerprint density at radius 3 is 2.95 bits per heavy atom. The van der Waals surface area contributed by atoms with Crippen LogP contribution in [0.15, 0.2) is 24.9 Å². The van der Waals surface area contributed by atoms with Crippen LogP contribution in [0.4, 0.5) is 0 Å². The van der Waals surface area contributed by atoms with Crippen LogP contribution in [-0.2, 0) is 0 Å². The second-order valence-corrected chi connectivity index (χ2v) is 4.79. The van der Waals surface area contributed by atoms with Crippen molar-refractivity contribution in [1.82, 2.24) is 19.9 Å². The van der Waals surface area contributed by atoms with Crippen molar-refractivity contribution in [2.75, 3.05) is 0 Å². The summed E-state index contributed by atoms with van der Waals surface area (Å²) in [7, 11) is 0. The third-order valence-electron chi connectivity index (χ3n) is 3.18. The lowest BCUT2D eigenvalue weighted by atomic mass is 9.93. The number of rotatable bonds is 9. The highest BCUT2D eigenvalue weighted by atomic mass is 16.1. The highest BCUT2D eigenvalue weighted by Gasteiger charge is 2.25. The zero-order valence-electron chi connectivity index (χ0n) is 11.7. The number of Topliss-reactive ketones (excluding diaryl/α,β-unsaturated/α-hetero) is 1. The minimum absolute atomic E-state index is 0.0742. The van der Waals surface area contributed by atoms with E-state index in [0.29, 0.717) is 24.4 Å². The monoisotopic (exact) mass is 287 g/mol. The van der Waals surface area contributed by atoms with Crippen molar-refractivity contribution < 1.29 is 4.79 Å². The fraction of sp³-hybridized carbons (Fsp3) is 0.357. The van der Waals surface area contributed by atoms with Crippen molar-refractivity contribution in [3.8, 4) is 0 Å². The van der Waals surface area contributed by atoms with Gasteiger partial charge in [0.25, 0.3) is 0 Å². The third kappa shape index (κ3) is 4.27. The van der Waals surface area contributed by atoms with Gasteiger partial charge in [0.05, 0.1) is 23.8 Å². The van der Waals surface area contributed by atoms with Gasteiger partial charge in [0.1, 0.15) is 0 Å². The fourth-order valence-electron chi connectivity index (χ4n) is 2.11. The number of aromatic amines is 2. The van der Waals surface area contributed by atoms with E-state index in [2.05, 4.69) is 19.9 Å². The van der Waals surface area contributed by atoms with Crippen molar-refractivity contribution >= 4 is 11.6 Å². The molecule has 1 atom stereocenters. The van der Waals surface area contributed by atoms with Crippen LogP contribution in [0.3, 0.4) is 0 Å². The second kappa shape index (κ2) is 7.37. The van der Waals surface area contributed by atoms with Gasteiger partial charge in [-0.3, -0.25) is 10.2 Å². The summed E-state index contributed by atoms with van der Waals surface area (Å²) in [5, 5.41) is 7.17. The summed E-state index contributed by atoms with van der Waals surface area (Å²) in [6.45, 7) is 0. The number of nitrogens with two attached hydrogens (primary N) is 1. The van der Waals surface area contributed by atoms with Crippen molar-refractivity contribution in [1.29, 1.82) is 5.41 Å². The summed E-state index contributed by atoms with van der Waals surface area (Å²) < 4.78 is 0. The van der Waals surface area contributed by atoms with Gasteiger partial charge in [0.2, 0.25) is 5.78 Å². The van der Waals surface area contributed by atoms with Crippen LogP contribution in [0.5, 0.6) is 0 Å². The van der Waals surface area contributed by atoms with Crippen LogP contribution in [0.25, 0.3) is 0 Å². The maximum absolute atomic E-state index is 12.5. The molecule has 0 aliphatic carbocycles. The molecule has 1 radical (unpaired) electrons. The normalized spacial score (nSPS) is 12.2. The molecular weight excluding hydrogens is 268 g/mol. The Hall–Kier alpha value is -2.44. The molecular formula is C14H19N6O. The number of aromatic nitrogens is 4. The fourth-order valence-corrected chi connectivity index (χ4v) is 2.11. The Morgan fingerprint density at radius 1 is 1.48 bits per heavy atom. The molecule has 0 bridgehead atoms. The summed E-state index contributed by atoms with van der Waals surface area (Å²) in [4.78, 5) is 26.4. The molecule has 1 unspecified atom stereocenters. The van der Waals surface area contributed by atoms with E-state index >= 15 is 0 Å². The Labute approximate surface area is 122 Å². The molecule has 2 aromatic heterocycles. The molecule has 2 aromatic rings. The first-order valence-corrected chi connectivity index (χ1v) is 6.85. The van der Waals surface area contributed by atoms with Crippen LogP contribution in [-0.4, -0.2) is 31.6 Å². The number of unbranched alkanes of at least 4 members (excludes halogenated alkanes) is 2. The average Bonchev–Trinajstić information content (AvgIpc) is 3.13. The standard InChI is InChI=1S/C14H19N6O/c15-12(16)5-3-1-2-4-10(11-8-17-9-20-11)13(21)14-18-6-7-19-14/h2,6-10H,1,3-5H2,(H3,15,16)(H,17,20)(H,18,19). The molecule has 0 fully saturated rings. The van der Waals surface area contributed by atoms with Crippen molar-refractivity contribution in [3.05, 3.63) is 42.9 Å². The van der Waals surface area contributed by atoms with Gasteiger partial charge in [-0.2, -0.15) is 0 Å². The Kier molecular flexibility index (Phi) is 5.25. The van der Waals surface area contributed by atoms with E-state index < -0.39 is 0 Å². The molecule has 111 valence electrons. The maximum Gasteiger partial charge on any atom is 0.207 e. The molecule has 0 saturated carbocycles. The van der Waals surface area contributed by atoms with Crippen LogP contribution >= 0.6 is 0 Å². The average molecular weight is 287 g/mol. The highest BCUT2D eigenvalue weighted by Crippen LogP contribution is 2.23. The van der Waals surface area contributed by atoms with Crippen molar-refractivity contribution in [3.63, 3.8) is 0 Å². The molecule has 7 heteroatoms. The summed E-state index contributed by atoms with van der Waals surface area (Å²) in [6, 6.07) is 0. The van der Waals surface area contributed by atoms with Gasteiger partial charge in [0, 0.05) is 25.0 Å². The Balaban J connectivity index is 1.94. The minimum atomic E-state index is -0.347. The van der Waals surface area contributed by atoms with E-state index in [9.17, 15) is 4.79 Å². The van der Waals surface area contributed by atoms with Gasteiger partial charge >= 0.3 is 0 Å². The number of nitrogens with one attached hydrogen (secondary N) is 3. The first-order valence-electron chi connectivity index (χ1n) is 6.85. The predicted molar refractivity (Wildman–Crippen MR) is 78.9 cm³/mol. The van der Waals surface area contributed by atoms with Crippen LogP contribution < -0.4 is 5.73 Å². The minimum Gasteiger partial charge on any atom is -0.388 e. The number of ketones is 1. The molecule has 2 heterocycles. The quantitative estimate of drug-likeness (QED) is 0.243. The van der Waals surface area contributed by atoms with Gasteiger partial charge in [0.15, 0.2) is 5.82 Å². The van der Waals surface area contributed by atoms with Crippen LogP contribution in [0, 0.1) is 11.8 Å². The maximum atomic E-state index is 12.5. The van der Waals surface area contributed by atoms with E-state index in [1.54, 1.807) is 24.9 Å². The molecule has 7 nitrogen and oxygen atoms in total. The zero-order chi connectivity index (χ0) is 15.1. The summed E-state index contributed by atoms with van der Waals surface area (Å²) in [5.41, 5.74) is 6.02. The van der Waals surface area contributed by atoms with Gasteiger partial charge in [-0.1, -0.05) is 0 Å². The summed E-state index contributed by atoms with van der Waals surface area (Å²) in [6.07, 6.45) is 11.3. The summed E-state index contributed by atoms with van der Waals surface area (Å²) in [5.74, 6) is 0.119. The lowest BCUT2D eigenvalue weighted by Crippen LogP contribution is -2.15. The number of carbonyl (C=O) groups is 1. The SMILES string of the molecule is N=C(N)CCC[CH]CC(C(=O)c1ncc[nH]1)c1c[nH]cn1. The first kappa shape index (κ1) is 15.0. The molecule has 0 amide bonds. The lowest BCUT2D eigenvalue weighted by Gasteiger charge is -2.12. The predicted octanol–water partition coefficient (Wildman–Crippen LogP) is 1.80. The number of amidine groups is 1. The van der Waals surface area contributed by atoms with E-state index in [-0.39, 0.29) is 17.5 Å². The first-order chi connectivity index (χ1) is 10.2. The number of H-pyrrole nitrogens is 2. The molecule has 21 heavy (non-hydrogen) atoms. The van der Waals surface area contributed by atoms with E-state index in [0.717, 1.165) is 12.8 Å². The Morgan fingerprint density at radius 2 is 2.33 bits per heavy atom. The van der Waals surface area contributed by atoms with Gasteiger partial charge < -0.3 is 15.7 Å². The summed E-state index contributed by atoms with van der Waals surface area (Å²) >= 11 is 0. The van der Waals surface area contributed by atoms with Gasteiger partial charge in [-0.15, -0.1) is 0 Å². The largest absolute Gasteiger partial charge is 0.388 e. The van der Waals surface area contributed by atoms with Crippen LogP contribution in [0.1, 0.15) is 47.9 Å². The van der Waals surface area contributed by atoms with Crippen molar-refractivity contribution in [2.45, 2.75) is 31.6 Å². The highest BCUT2D eigenvalue weighted by molar-refractivity contribution is 5.97. The van der Waals surface area contributed by atoms with E-state index in [1.165, 1.54) is 0 Å². The molecule has 0 saturated heterocycles. The topological polar surface area (TPSA) is 124 Å². The molecule has 0 aliphatic rings. The van der Waals surface area contributed by atoms with E-state index in [1.807, 2.05) is 6.42 Å². The molecule has 2 rings (SSSR count). The smallest absolute Gasteiger partial charge is 0.207 e. The van der Waals surface area contributed by atoms with Crippen molar-refractivity contribution in [2.24, 2.45) is 5.73 Å². The second-order valence-electron chi connectivity index (χ2n) is 4.79.